The standard InChI is InChI=1S/C72H122FN5O/c1-71(2)64-78(68-49-48-56-75-69(68)71)70(79)77-57-47-45-43-41-39-37-35-33-31-29-27-25-23-21-19-17-15-13-11-9-7-5-3-4-6-8-10-12-14-16-18-20-22-24-26-28-30-32-34-36-38-40-42-44-46-52-72(55-60-77)53-58-76(59-54-72)63-65-50-51-66(62-74)67(73)61-65/h48-51,56,61H,3-47,52-55,57-60,63-64H2,1-2H3. The summed E-state index contributed by atoms with van der Waals surface area (Å²) >= 11 is 0. The van der Waals surface area contributed by atoms with E-state index in [-0.39, 0.29) is 22.4 Å². The quantitative estimate of drug-likeness (QED) is 0.301. The number of carbonyl (C=O) groups excluding carboxylic acids is 1. The number of likely N-dealkylation sites (tertiary alicyclic amines) is 1. The number of rotatable bonds is 2. The van der Waals surface area contributed by atoms with E-state index in [1.54, 1.807) is 12.1 Å². The van der Waals surface area contributed by atoms with Crippen LogP contribution in [-0.2, 0) is 12.0 Å². The lowest BCUT2D eigenvalue weighted by Crippen LogP contribution is -2.47. The molecule has 5 rings (SSSR count). The summed E-state index contributed by atoms with van der Waals surface area (Å²) in [6.07, 6.45) is 69.7. The highest BCUT2D eigenvalue weighted by Crippen LogP contribution is 2.42. The van der Waals surface area contributed by atoms with E-state index >= 15 is 0 Å². The van der Waals surface area contributed by atoms with Gasteiger partial charge in [0.2, 0.25) is 0 Å². The van der Waals surface area contributed by atoms with E-state index in [1.807, 2.05) is 29.3 Å². The lowest BCUT2D eigenvalue weighted by molar-refractivity contribution is 0.0713. The molecule has 0 atom stereocenters. The zero-order valence-corrected chi connectivity index (χ0v) is 51.9. The maximum atomic E-state index is 14.9. The number of hydrogen-bond acceptors (Lipinski definition) is 4. The predicted octanol–water partition coefficient (Wildman–Crippen LogP) is 22.2. The van der Waals surface area contributed by atoms with Crippen LogP contribution in [0, 0.1) is 22.6 Å². The Kier molecular flexibility index (Phi) is 35.5. The summed E-state index contributed by atoms with van der Waals surface area (Å²) in [6.45, 7) is 9.42. The van der Waals surface area contributed by atoms with Gasteiger partial charge in [0, 0.05) is 37.8 Å². The average molecular weight is 1090 g/mol. The van der Waals surface area contributed by atoms with Crippen LogP contribution in [0.1, 0.15) is 345 Å². The number of urea groups is 1. The van der Waals surface area contributed by atoms with E-state index in [2.05, 4.69) is 29.7 Å². The number of nitrogens with zero attached hydrogens (tertiary/aromatic N) is 5. The zero-order valence-electron chi connectivity index (χ0n) is 51.9. The van der Waals surface area contributed by atoms with E-state index < -0.39 is 5.82 Å². The molecule has 0 radical (unpaired) electrons. The van der Waals surface area contributed by atoms with E-state index in [1.165, 1.54) is 289 Å². The smallest absolute Gasteiger partial charge is 0.324 e. The maximum absolute atomic E-state index is 14.9. The Labute approximate surface area is 487 Å². The Morgan fingerprint density at radius 2 is 0.861 bits per heavy atom. The molecule has 448 valence electrons. The zero-order chi connectivity index (χ0) is 55.7. The van der Waals surface area contributed by atoms with Gasteiger partial charge in [0.25, 0.3) is 0 Å². The predicted molar refractivity (Wildman–Crippen MR) is 337 cm³/mol. The summed E-state index contributed by atoms with van der Waals surface area (Å²) in [7, 11) is 0. The van der Waals surface area contributed by atoms with Crippen LogP contribution in [-0.4, -0.2) is 53.5 Å². The first-order valence-corrected chi connectivity index (χ1v) is 34.7. The Hall–Kier alpha value is -2.98. The highest BCUT2D eigenvalue weighted by molar-refractivity contribution is 5.94. The van der Waals surface area contributed by atoms with Crippen molar-refractivity contribution in [3.8, 4) is 6.07 Å². The van der Waals surface area contributed by atoms with Gasteiger partial charge in [-0.05, 0) is 80.4 Å². The minimum Gasteiger partial charge on any atom is -0.324 e. The molecule has 0 unspecified atom stereocenters. The van der Waals surface area contributed by atoms with Gasteiger partial charge in [0.05, 0.1) is 16.9 Å². The van der Waals surface area contributed by atoms with E-state index in [0.717, 1.165) is 68.8 Å². The minimum absolute atomic E-state index is 0.115. The first-order chi connectivity index (χ1) is 38.8. The van der Waals surface area contributed by atoms with Gasteiger partial charge in [-0.15, -0.1) is 0 Å². The molecule has 3 aliphatic heterocycles. The second-order valence-corrected chi connectivity index (χ2v) is 26.7. The maximum Gasteiger partial charge on any atom is 0.324 e. The highest BCUT2D eigenvalue weighted by atomic mass is 19.1. The van der Waals surface area contributed by atoms with Crippen LogP contribution in [0.4, 0.5) is 14.9 Å². The van der Waals surface area contributed by atoms with Crippen LogP contribution >= 0.6 is 0 Å². The topological polar surface area (TPSA) is 63.5 Å². The molecule has 7 heteroatoms. The number of anilines is 1. The lowest BCUT2D eigenvalue weighted by Gasteiger charge is -2.43. The van der Waals surface area contributed by atoms with Crippen LogP contribution in [0.5, 0.6) is 0 Å². The molecule has 2 fully saturated rings. The second-order valence-electron chi connectivity index (χ2n) is 26.7. The van der Waals surface area contributed by atoms with Crippen molar-refractivity contribution in [1.82, 2.24) is 14.8 Å². The number of pyridine rings is 1. The fourth-order valence-corrected chi connectivity index (χ4v) is 13.9. The summed E-state index contributed by atoms with van der Waals surface area (Å²) in [4.78, 5) is 26.4. The van der Waals surface area contributed by atoms with Crippen LogP contribution in [0.3, 0.4) is 0 Å². The molecule has 6 nitrogen and oxygen atoms in total. The Morgan fingerprint density at radius 3 is 1.24 bits per heavy atom. The Balaban J connectivity index is 1.08. The number of halogens is 1. The van der Waals surface area contributed by atoms with Gasteiger partial charge in [-0.2, -0.15) is 5.26 Å². The van der Waals surface area contributed by atoms with Gasteiger partial charge in [-0.3, -0.25) is 14.8 Å². The normalized spacial score (nSPS) is 22.9. The third-order valence-electron chi connectivity index (χ3n) is 19.3. The Morgan fingerprint density at radius 1 is 0.494 bits per heavy atom. The fourth-order valence-electron chi connectivity index (χ4n) is 13.9. The molecule has 2 amide bonds. The molecular weight excluding hydrogens is 970 g/mol. The van der Waals surface area contributed by atoms with Gasteiger partial charge in [-0.1, -0.05) is 302 Å². The molecule has 1 aromatic carbocycles. The third kappa shape index (κ3) is 28.2. The summed E-state index contributed by atoms with van der Waals surface area (Å²) in [5.41, 5.74) is 3.09. The first kappa shape index (κ1) is 66.8. The molecule has 3 aliphatic rings. The van der Waals surface area contributed by atoms with Gasteiger partial charge in [0.1, 0.15) is 11.9 Å². The third-order valence-corrected chi connectivity index (χ3v) is 19.3. The van der Waals surface area contributed by atoms with Gasteiger partial charge in [0.15, 0.2) is 0 Å². The number of amides is 2. The molecular formula is C72H122FN5O. The average Bonchev–Trinajstić information content (AvgIpc) is 3.96. The first-order valence-electron chi connectivity index (χ1n) is 34.7. The second kappa shape index (κ2) is 41.9. The molecule has 79 heavy (non-hydrogen) atoms. The van der Waals surface area contributed by atoms with Crippen molar-refractivity contribution in [2.24, 2.45) is 5.41 Å². The minimum atomic E-state index is -0.419. The SMILES string of the molecule is CC1(C)CN(C(=O)N2CCCCCCCCCCCCCCCCCCCCCCCCCCCCCCCCCCCCCCCCCCCCCCCC3(CCN(Cc4ccc(C#N)c(F)c4)CC3)CC2)c2cccnc21. The van der Waals surface area contributed by atoms with Crippen molar-refractivity contribution in [2.45, 2.75) is 340 Å². The summed E-state index contributed by atoms with van der Waals surface area (Å²) in [5.74, 6) is -0.419. The van der Waals surface area contributed by atoms with E-state index in [4.69, 9.17) is 4.98 Å². The lowest BCUT2D eigenvalue weighted by atomic mass is 9.71. The summed E-state index contributed by atoms with van der Waals surface area (Å²) in [5, 5.41) is 9.32. The van der Waals surface area contributed by atoms with Crippen molar-refractivity contribution in [2.75, 3.05) is 37.6 Å². The highest BCUT2D eigenvalue weighted by Gasteiger charge is 2.41. The molecule has 0 N–H and O–H groups in total. The molecule has 2 saturated heterocycles. The number of benzene rings is 1. The van der Waals surface area contributed by atoms with Gasteiger partial charge >= 0.3 is 6.03 Å². The largest absolute Gasteiger partial charge is 0.324 e. The van der Waals surface area contributed by atoms with Crippen molar-refractivity contribution < 1.29 is 9.18 Å². The molecule has 2 aromatic rings. The molecule has 0 bridgehead atoms. The molecule has 1 aromatic heterocycles. The van der Waals surface area contributed by atoms with Crippen LogP contribution in [0.25, 0.3) is 0 Å². The Bertz CT molecular complexity index is 1880. The fraction of sp³-hybridized carbons (Fsp3) is 0.819. The molecule has 0 aliphatic carbocycles. The molecule has 1 spiro atoms. The van der Waals surface area contributed by atoms with Gasteiger partial charge < -0.3 is 4.90 Å². The number of piperidine rings is 1. The number of nitriles is 1. The van der Waals surface area contributed by atoms with E-state index in [9.17, 15) is 14.4 Å². The van der Waals surface area contributed by atoms with Crippen molar-refractivity contribution in [1.29, 1.82) is 5.26 Å². The van der Waals surface area contributed by atoms with Gasteiger partial charge in [-0.25, -0.2) is 9.18 Å². The van der Waals surface area contributed by atoms with Crippen molar-refractivity contribution in [3.05, 3.63) is 59.2 Å². The number of hydrogen-bond donors (Lipinski definition) is 0. The van der Waals surface area contributed by atoms with Crippen molar-refractivity contribution >= 4 is 11.7 Å². The number of aromatic nitrogens is 1. The summed E-state index contributed by atoms with van der Waals surface area (Å²) < 4.78 is 14.7. The van der Waals surface area contributed by atoms with Crippen molar-refractivity contribution in [3.63, 3.8) is 0 Å². The monoisotopic (exact) mass is 1090 g/mol. The van der Waals surface area contributed by atoms with Crippen LogP contribution in [0.2, 0.25) is 0 Å². The van der Waals surface area contributed by atoms with Crippen LogP contribution in [0.15, 0.2) is 36.5 Å². The number of carbonyl (C=O) groups is 1. The summed E-state index contributed by atoms with van der Waals surface area (Å²) in [6, 6.07) is 11.3. The number of fused-ring (bicyclic) bond motifs is 1. The van der Waals surface area contributed by atoms with Crippen LogP contribution < -0.4 is 4.90 Å². The van der Waals surface area contributed by atoms with E-state index in [0.29, 0.717) is 13.1 Å². The molecule has 0 saturated carbocycles. The molecule has 4 heterocycles.